The average Bonchev–Trinajstić information content (AvgIpc) is 3.94. The van der Waals surface area contributed by atoms with Gasteiger partial charge in [0.05, 0.1) is 5.69 Å². The second-order valence-corrected chi connectivity index (χ2v) is 19.2. The van der Waals surface area contributed by atoms with Crippen LogP contribution in [0.1, 0.15) is 49.9 Å². The molecule has 2 nitrogen and oxygen atoms in total. The summed E-state index contributed by atoms with van der Waals surface area (Å²) in [7, 11) is 0. The first-order valence-corrected chi connectivity index (χ1v) is 23.2. The summed E-state index contributed by atoms with van der Waals surface area (Å²) < 4.78 is 6.53. The van der Waals surface area contributed by atoms with Crippen molar-refractivity contribution in [2.45, 2.75) is 38.5 Å². The smallest absolute Gasteiger partial charge is 0.143 e. The molecule has 0 amide bonds. The summed E-state index contributed by atoms with van der Waals surface area (Å²) >= 11 is 0. The molecule has 66 heavy (non-hydrogen) atoms. The minimum atomic E-state index is -0.123. The largest absolute Gasteiger partial charge is 0.455 e. The highest BCUT2D eigenvalue weighted by Gasteiger charge is 2.39. The van der Waals surface area contributed by atoms with Gasteiger partial charge in [0.2, 0.25) is 0 Å². The molecule has 0 fully saturated rings. The molecule has 314 valence electrons. The molecule has 1 heterocycles. The molecule has 0 atom stereocenters. The van der Waals surface area contributed by atoms with E-state index in [9.17, 15) is 0 Å². The SMILES string of the molecule is CC1(C)c2ccccc2-c2c(-c3ccc(N(c4ccc(-c5ccc(-c6cccc7c6oc6ccccc67)c6ccccc56)cc4)c4cccc5c4-c4ccccc4C5(C)C)cc3)cccc21. The number of nitrogens with zero attached hydrogens (tertiary/aromatic N) is 1. The highest BCUT2D eigenvalue weighted by Crippen LogP contribution is 2.55. The van der Waals surface area contributed by atoms with Gasteiger partial charge in [-0.05, 0) is 114 Å². The Labute approximate surface area is 386 Å². The van der Waals surface area contributed by atoms with E-state index in [-0.39, 0.29) is 10.8 Å². The number of para-hydroxylation sites is 2. The van der Waals surface area contributed by atoms with Gasteiger partial charge in [-0.25, -0.2) is 0 Å². The van der Waals surface area contributed by atoms with Crippen molar-refractivity contribution in [3.63, 3.8) is 0 Å². The standard InChI is InChI=1S/C64H47NO/c1-63(2)54-24-10-7-19-52(54)60-45(21-14-26-56(60)63)41-32-36-43(37-33-41)65(58-28-15-27-57-61(58)53-20-8-11-25-55(53)64(57,3)4)42-34-30-40(31-35-42)44-38-39-48(47-17-6-5-16-46(44)47)50-22-13-23-51-49-18-9-12-29-59(49)66-62(50)51/h5-39H,1-4H3. The van der Waals surface area contributed by atoms with Crippen molar-refractivity contribution in [2.75, 3.05) is 4.90 Å². The predicted molar refractivity (Wildman–Crippen MR) is 277 cm³/mol. The van der Waals surface area contributed by atoms with E-state index in [2.05, 4.69) is 239 Å². The predicted octanol–water partition coefficient (Wildman–Crippen LogP) is 17.8. The summed E-state index contributed by atoms with van der Waals surface area (Å²) in [6.45, 7) is 9.43. The van der Waals surface area contributed by atoms with E-state index < -0.39 is 0 Å². The molecule has 0 spiro atoms. The molecule has 0 N–H and O–H groups in total. The first kappa shape index (κ1) is 38.5. The van der Waals surface area contributed by atoms with Gasteiger partial charge < -0.3 is 9.32 Å². The fourth-order valence-corrected chi connectivity index (χ4v) is 11.7. The topological polar surface area (TPSA) is 16.4 Å². The molecule has 10 aromatic carbocycles. The zero-order chi connectivity index (χ0) is 44.3. The summed E-state index contributed by atoms with van der Waals surface area (Å²) in [5, 5.41) is 4.69. The number of hydrogen-bond acceptors (Lipinski definition) is 2. The van der Waals surface area contributed by atoms with Crippen LogP contribution in [0.4, 0.5) is 17.1 Å². The van der Waals surface area contributed by atoms with Crippen molar-refractivity contribution in [3.8, 4) is 55.6 Å². The Hall–Kier alpha value is -7.94. The summed E-state index contributed by atoms with van der Waals surface area (Å²) in [6, 6.07) is 78.2. The molecule has 2 aliphatic rings. The molecule has 0 saturated heterocycles. The van der Waals surface area contributed by atoms with E-state index in [0.717, 1.165) is 38.9 Å². The van der Waals surface area contributed by atoms with Crippen LogP contribution in [0.25, 0.3) is 88.3 Å². The van der Waals surface area contributed by atoms with Crippen molar-refractivity contribution < 1.29 is 4.42 Å². The third-order valence-corrected chi connectivity index (χ3v) is 14.9. The number of hydrogen-bond donors (Lipinski definition) is 0. The van der Waals surface area contributed by atoms with Crippen LogP contribution in [0.15, 0.2) is 217 Å². The van der Waals surface area contributed by atoms with Gasteiger partial charge in [0.1, 0.15) is 11.2 Å². The fraction of sp³-hybridized carbons (Fsp3) is 0.0938. The fourth-order valence-electron chi connectivity index (χ4n) is 11.7. The van der Waals surface area contributed by atoms with Crippen LogP contribution in [-0.4, -0.2) is 0 Å². The van der Waals surface area contributed by atoms with Gasteiger partial charge in [-0.2, -0.15) is 0 Å². The monoisotopic (exact) mass is 845 g/mol. The number of benzene rings is 10. The quantitative estimate of drug-likeness (QED) is 0.166. The normalized spacial score (nSPS) is 14.0. The zero-order valence-corrected chi connectivity index (χ0v) is 37.6. The van der Waals surface area contributed by atoms with Gasteiger partial charge in [-0.3, -0.25) is 0 Å². The minimum absolute atomic E-state index is 0.0545. The Kier molecular flexibility index (Phi) is 8.33. The van der Waals surface area contributed by atoms with Gasteiger partial charge in [-0.1, -0.05) is 204 Å². The minimum Gasteiger partial charge on any atom is -0.455 e. The third-order valence-electron chi connectivity index (χ3n) is 14.9. The van der Waals surface area contributed by atoms with Gasteiger partial charge in [0, 0.05) is 44.1 Å². The molecular weight excluding hydrogens is 799 g/mol. The van der Waals surface area contributed by atoms with Crippen molar-refractivity contribution >= 4 is 49.8 Å². The second kappa shape index (κ2) is 14.3. The van der Waals surface area contributed by atoms with Crippen molar-refractivity contribution in [1.82, 2.24) is 0 Å². The molecule has 0 bridgehead atoms. The first-order valence-electron chi connectivity index (χ1n) is 23.2. The van der Waals surface area contributed by atoms with Gasteiger partial charge >= 0.3 is 0 Å². The van der Waals surface area contributed by atoms with E-state index in [1.54, 1.807) is 0 Å². The zero-order valence-electron chi connectivity index (χ0n) is 37.6. The van der Waals surface area contributed by atoms with Crippen LogP contribution < -0.4 is 4.90 Å². The molecule has 13 rings (SSSR count). The number of fused-ring (bicyclic) bond motifs is 10. The summed E-state index contributed by atoms with van der Waals surface area (Å²) in [5.41, 5.74) is 23.0. The Balaban J connectivity index is 0.940. The maximum atomic E-state index is 6.53. The van der Waals surface area contributed by atoms with Crippen molar-refractivity contribution in [2.24, 2.45) is 0 Å². The summed E-state index contributed by atoms with van der Waals surface area (Å²) in [5.74, 6) is 0. The van der Waals surface area contributed by atoms with Crippen LogP contribution >= 0.6 is 0 Å². The van der Waals surface area contributed by atoms with Crippen molar-refractivity contribution in [1.29, 1.82) is 0 Å². The molecule has 11 aromatic rings. The Morgan fingerprint density at radius 1 is 0.318 bits per heavy atom. The van der Waals surface area contributed by atoms with E-state index >= 15 is 0 Å². The third kappa shape index (κ3) is 5.55. The van der Waals surface area contributed by atoms with Gasteiger partial charge in [-0.15, -0.1) is 0 Å². The highest BCUT2D eigenvalue weighted by molar-refractivity contribution is 6.14. The Bertz CT molecular complexity index is 3750. The van der Waals surface area contributed by atoms with Crippen LogP contribution in [0, 0.1) is 0 Å². The number of rotatable bonds is 6. The highest BCUT2D eigenvalue weighted by atomic mass is 16.3. The number of anilines is 3. The second-order valence-electron chi connectivity index (χ2n) is 19.2. The van der Waals surface area contributed by atoms with Crippen LogP contribution in [0.5, 0.6) is 0 Å². The maximum absolute atomic E-state index is 6.53. The number of furan rings is 1. The van der Waals surface area contributed by atoms with Crippen LogP contribution in [-0.2, 0) is 10.8 Å². The van der Waals surface area contributed by atoms with Gasteiger partial charge in [0.15, 0.2) is 0 Å². The lowest BCUT2D eigenvalue weighted by Crippen LogP contribution is -2.16. The van der Waals surface area contributed by atoms with Gasteiger partial charge in [0.25, 0.3) is 0 Å². The Morgan fingerprint density at radius 3 is 1.45 bits per heavy atom. The molecule has 0 saturated carbocycles. The lowest BCUT2D eigenvalue weighted by Gasteiger charge is -2.29. The maximum Gasteiger partial charge on any atom is 0.143 e. The molecule has 2 aliphatic carbocycles. The van der Waals surface area contributed by atoms with E-state index in [1.807, 2.05) is 6.07 Å². The summed E-state index contributed by atoms with van der Waals surface area (Å²) in [6.07, 6.45) is 0. The molecule has 2 heteroatoms. The molecular formula is C64H47NO. The summed E-state index contributed by atoms with van der Waals surface area (Å²) in [4.78, 5) is 2.47. The first-order chi connectivity index (χ1) is 32.3. The lowest BCUT2D eigenvalue weighted by atomic mass is 9.82. The lowest BCUT2D eigenvalue weighted by molar-refractivity contribution is 0.660. The Morgan fingerprint density at radius 2 is 0.773 bits per heavy atom. The van der Waals surface area contributed by atoms with E-state index in [0.29, 0.717) is 0 Å². The van der Waals surface area contributed by atoms with Crippen molar-refractivity contribution in [3.05, 3.63) is 235 Å². The molecule has 1 aromatic heterocycles. The van der Waals surface area contributed by atoms with Crippen LogP contribution in [0.3, 0.4) is 0 Å². The van der Waals surface area contributed by atoms with Crippen LogP contribution in [0.2, 0.25) is 0 Å². The van der Waals surface area contributed by atoms with E-state index in [4.69, 9.17) is 4.42 Å². The van der Waals surface area contributed by atoms with E-state index in [1.165, 1.54) is 88.8 Å². The molecule has 0 unspecified atom stereocenters. The molecule has 0 aliphatic heterocycles. The average molecular weight is 846 g/mol. The molecule has 0 radical (unpaired) electrons.